The third-order valence-electron chi connectivity index (χ3n) is 4.21. The van der Waals surface area contributed by atoms with Gasteiger partial charge in [0.05, 0.1) is 12.6 Å². The Morgan fingerprint density at radius 3 is 2.65 bits per heavy atom. The second-order valence-corrected chi connectivity index (χ2v) is 7.43. The molecule has 0 spiro atoms. The van der Waals surface area contributed by atoms with Crippen molar-refractivity contribution in [2.24, 2.45) is 0 Å². The first-order valence-electron chi connectivity index (χ1n) is 8.22. The second-order valence-electron chi connectivity index (χ2n) is 6.19. The van der Waals surface area contributed by atoms with E-state index >= 15 is 0 Å². The summed E-state index contributed by atoms with van der Waals surface area (Å²) in [5.41, 5.74) is 1.62. The minimum atomic E-state index is -0.778. The highest BCUT2D eigenvalue weighted by atomic mass is 127. The second kappa shape index (κ2) is 8.05. The summed E-state index contributed by atoms with van der Waals surface area (Å²) in [6, 6.07) is 13.6. The van der Waals surface area contributed by atoms with Crippen molar-refractivity contribution in [3.8, 4) is 5.75 Å². The smallest absolute Gasteiger partial charge is 0.410 e. The number of hydrogen-bond acceptors (Lipinski definition) is 4. The van der Waals surface area contributed by atoms with Crippen LogP contribution in [0, 0.1) is 10.5 Å². The molecule has 0 unspecified atom stereocenters. The lowest BCUT2D eigenvalue weighted by Crippen LogP contribution is -2.44. The van der Waals surface area contributed by atoms with Gasteiger partial charge in [-0.3, -0.25) is 9.69 Å². The number of carbonyl (C=O) groups is 2. The molecule has 1 heterocycles. The Kier molecular flexibility index (Phi) is 5.77. The Morgan fingerprint density at radius 1 is 1.23 bits per heavy atom. The van der Waals surface area contributed by atoms with Crippen molar-refractivity contribution in [2.45, 2.75) is 25.5 Å². The van der Waals surface area contributed by atoms with E-state index in [0.717, 1.165) is 9.13 Å². The zero-order valence-electron chi connectivity index (χ0n) is 14.2. The molecular formula is C19H19IN2O4. The number of benzene rings is 2. The average molecular weight is 466 g/mol. The zero-order chi connectivity index (χ0) is 18.7. The van der Waals surface area contributed by atoms with Crippen LogP contribution in [0.25, 0.3) is 0 Å². The molecular weight excluding hydrogens is 447 g/mol. The molecule has 1 aliphatic heterocycles. The summed E-state index contributed by atoms with van der Waals surface area (Å²) >= 11 is 2.20. The number of aliphatic hydroxyl groups excluding tert-OH is 1. The molecule has 2 aromatic rings. The summed E-state index contributed by atoms with van der Waals surface area (Å²) in [6.07, 6.45) is -1.22. The van der Waals surface area contributed by atoms with Crippen LogP contribution in [0.2, 0.25) is 0 Å². The first-order valence-corrected chi connectivity index (χ1v) is 9.30. The topological polar surface area (TPSA) is 78.9 Å². The van der Waals surface area contributed by atoms with E-state index in [2.05, 4.69) is 27.9 Å². The molecule has 1 aliphatic rings. The van der Waals surface area contributed by atoms with E-state index in [-0.39, 0.29) is 18.9 Å². The van der Waals surface area contributed by atoms with Crippen LogP contribution in [0.1, 0.15) is 12.0 Å². The molecule has 6 nitrogen and oxygen atoms in total. The normalized spacial score (nSPS) is 19.3. The molecule has 2 amide bonds. The molecule has 0 radical (unpaired) electrons. The summed E-state index contributed by atoms with van der Waals surface area (Å²) in [7, 11) is 0. The van der Waals surface area contributed by atoms with Gasteiger partial charge in [-0.25, -0.2) is 4.79 Å². The van der Waals surface area contributed by atoms with Gasteiger partial charge < -0.3 is 15.2 Å². The van der Waals surface area contributed by atoms with E-state index in [1.165, 1.54) is 4.90 Å². The molecule has 0 aromatic heterocycles. The molecule has 0 aliphatic carbocycles. The van der Waals surface area contributed by atoms with Crippen LogP contribution in [0.4, 0.5) is 10.5 Å². The number of β-amino-alcohol motifs (C(OH)–C–C–N with tert-alkyl or cyclic N) is 1. The van der Waals surface area contributed by atoms with Gasteiger partial charge in [0.15, 0.2) is 0 Å². The predicted octanol–water partition coefficient (Wildman–Crippen LogP) is 3.17. The van der Waals surface area contributed by atoms with Crippen LogP contribution >= 0.6 is 22.6 Å². The number of hydrogen-bond donors (Lipinski definition) is 2. The van der Waals surface area contributed by atoms with Gasteiger partial charge in [0.2, 0.25) is 5.91 Å². The maximum atomic E-state index is 12.7. The number of carbonyl (C=O) groups excluding carboxylic acids is 2. The highest BCUT2D eigenvalue weighted by molar-refractivity contribution is 14.1. The Hall–Kier alpha value is -2.13. The quantitative estimate of drug-likeness (QED) is 0.682. The highest BCUT2D eigenvalue weighted by Gasteiger charge is 2.40. The van der Waals surface area contributed by atoms with Crippen molar-refractivity contribution < 1.29 is 19.4 Å². The van der Waals surface area contributed by atoms with Crippen molar-refractivity contribution >= 4 is 40.3 Å². The average Bonchev–Trinajstić information content (AvgIpc) is 3.00. The number of aliphatic hydroxyl groups is 1. The van der Waals surface area contributed by atoms with Crippen LogP contribution in [0.15, 0.2) is 48.5 Å². The molecule has 0 bridgehead atoms. The molecule has 2 aromatic carbocycles. The number of nitrogens with zero attached hydrogens (tertiary/aromatic N) is 1. The van der Waals surface area contributed by atoms with Gasteiger partial charge in [0.25, 0.3) is 0 Å². The van der Waals surface area contributed by atoms with Crippen LogP contribution in [0.3, 0.4) is 0 Å². The fourth-order valence-electron chi connectivity index (χ4n) is 2.90. The van der Waals surface area contributed by atoms with Gasteiger partial charge in [-0.1, -0.05) is 18.2 Å². The lowest BCUT2D eigenvalue weighted by molar-refractivity contribution is -0.119. The summed E-state index contributed by atoms with van der Waals surface area (Å²) in [6.45, 7) is 1.97. The first kappa shape index (κ1) is 18.7. The van der Waals surface area contributed by atoms with Gasteiger partial charge in [-0.15, -0.1) is 0 Å². The SMILES string of the molecule is Cc1cc(I)ccc1NC(=O)[C@@H]1C[C@@H](O)CN1C(=O)Oc1ccccc1. The van der Waals surface area contributed by atoms with Crippen molar-refractivity contribution in [1.82, 2.24) is 4.90 Å². The van der Waals surface area contributed by atoms with Gasteiger partial charge in [0, 0.05) is 15.7 Å². The Morgan fingerprint density at radius 2 is 1.96 bits per heavy atom. The Labute approximate surface area is 165 Å². The third kappa shape index (κ3) is 4.34. The molecule has 1 saturated heterocycles. The standard InChI is InChI=1S/C19H19IN2O4/c1-12-9-13(20)7-8-16(12)21-18(24)17-10-14(23)11-22(17)19(25)26-15-5-3-2-4-6-15/h2-9,14,17,23H,10-11H2,1H3,(H,21,24)/t14-,17+/m1/s1. The summed E-state index contributed by atoms with van der Waals surface area (Å²) in [5, 5.41) is 12.8. The highest BCUT2D eigenvalue weighted by Crippen LogP contribution is 2.23. The minimum absolute atomic E-state index is 0.0649. The maximum Gasteiger partial charge on any atom is 0.416 e. The van der Waals surface area contributed by atoms with Gasteiger partial charge in [-0.2, -0.15) is 0 Å². The predicted molar refractivity (Wildman–Crippen MR) is 106 cm³/mol. The van der Waals surface area contributed by atoms with E-state index < -0.39 is 18.2 Å². The summed E-state index contributed by atoms with van der Waals surface area (Å²) in [4.78, 5) is 26.4. The first-order chi connectivity index (χ1) is 12.4. The molecule has 0 saturated carbocycles. The number of nitrogens with one attached hydrogen (secondary N) is 1. The van der Waals surface area contributed by atoms with Gasteiger partial charge in [0.1, 0.15) is 11.8 Å². The van der Waals surface area contributed by atoms with E-state index in [9.17, 15) is 14.7 Å². The van der Waals surface area contributed by atoms with E-state index in [1.54, 1.807) is 24.3 Å². The molecule has 3 rings (SSSR count). The number of halogens is 1. The van der Waals surface area contributed by atoms with E-state index in [1.807, 2.05) is 31.2 Å². The molecule has 1 fully saturated rings. The van der Waals surface area contributed by atoms with Gasteiger partial charge in [-0.05, 0) is 65.4 Å². The Balaban J connectivity index is 1.72. The number of ether oxygens (including phenoxy) is 1. The Bertz CT molecular complexity index is 812. The summed E-state index contributed by atoms with van der Waals surface area (Å²) < 4.78 is 6.38. The fraction of sp³-hybridized carbons (Fsp3) is 0.263. The molecule has 136 valence electrons. The van der Waals surface area contributed by atoms with Crippen molar-refractivity contribution in [3.63, 3.8) is 0 Å². The molecule has 2 N–H and O–H groups in total. The van der Waals surface area contributed by atoms with Crippen LogP contribution in [0.5, 0.6) is 5.75 Å². The lowest BCUT2D eigenvalue weighted by Gasteiger charge is -2.23. The van der Waals surface area contributed by atoms with Crippen LogP contribution in [-0.4, -0.2) is 40.7 Å². The van der Waals surface area contributed by atoms with Crippen molar-refractivity contribution in [1.29, 1.82) is 0 Å². The minimum Gasteiger partial charge on any atom is -0.410 e. The number of rotatable bonds is 3. The maximum absolute atomic E-state index is 12.7. The molecule has 7 heteroatoms. The molecule has 26 heavy (non-hydrogen) atoms. The number of amides is 2. The van der Waals surface area contributed by atoms with Crippen LogP contribution < -0.4 is 10.1 Å². The number of para-hydroxylation sites is 1. The van der Waals surface area contributed by atoms with Crippen molar-refractivity contribution in [3.05, 3.63) is 57.7 Å². The number of likely N-dealkylation sites (tertiary alicyclic amines) is 1. The summed E-state index contributed by atoms with van der Waals surface area (Å²) in [5.74, 6) is 0.0578. The fourth-order valence-corrected chi connectivity index (χ4v) is 3.54. The van der Waals surface area contributed by atoms with E-state index in [0.29, 0.717) is 11.4 Å². The van der Waals surface area contributed by atoms with E-state index in [4.69, 9.17) is 4.74 Å². The molecule has 2 atom stereocenters. The monoisotopic (exact) mass is 466 g/mol. The third-order valence-corrected chi connectivity index (χ3v) is 4.88. The van der Waals surface area contributed by atoms with Crippen molar-refractivity contribution in [2.75, 3.05) is 11.9 Å². The number of aryl methyl sites for hydroxylation is 1. The van der Waals surface area contributed by atoms with Crippen LogP contribution in [-0.2, 0) is 4.79 Å². The lowest BCUT2D eigenvalue weighted by atomic mass is 10.1. The largest absolute Gasteiger partial charge is 0.416 e. The number of anilines is 1. The van der Waals surface area contributed by atoms with Gasteiger partial charge >= 0.3 is 6.09 Å². The zero-order valence-corrected chi connectivity index (χ0v) is 16.3.